The Balaban J connectivity index is 0.00000180. The second-order valence-corrected chi connectivity index (χ2v) is 6.05. The Morgan fingerprint density at radius 3 is 2.63 bits per heavy atom. The summed E-state index contributed by atoms with van der Waals surface area (Å²) in [5.74, 6) is 0.873. The Labute approximate surface area is 127 Å². The zero-order valence-electron chi connectivity index (χ0n) is 11.9. The van der Waals surface area contributed by atoms with Crippen LogP contribution in [0.1, 0.15) is 18.4 Å². The van der Waals surface area contributed by atoms with Crippen LogP contribution in [0.2, 0.25) is 0 Å². The fourth-order valence-electron chi connectivity index (χ4n) is 2.69. The van der Waals surface area contributed by atoms with Crippen LogP contribution in [0.4, 0.5) is 0 Å². The molecule has 1 aliphatic rings. The molecule has 0 amide bonds. The highest BCUT2D eigenvalue weighted by Crippen LogP contribution is 2.22. The second kappa shape index (κ2) is 8.85. The molecule has 0 aliphatic carbocycles. The predicted molar refractivity (Wildman–Crippen MR) is 87.4 cm³/mol. The van der Waals surface area contributed by atoms with Gasteiger partial charge in [-0.2, -0.15) is 0 Å². The van der Waals surface area contributed by atoms with Crippen LogP contribution in [-0.4, -0.2) is 37.8 Å². The Hall–Kier alpha value is -0.220. The normalized spacial score (nSPS) is 16.4. The van der Waals surface area contributed by atoms with Gasteiger partial charge in [0.15, 0.2) is 0 Å². The summed E-state index contributed by atoms with van der Waals surface area (Å²) in [5, 5.41) is 3.43. The SMILES string of the molecule is CSc1ccccc1CN(C)CC1CCNCC1.Cl. The maximum absolute atomic E-state index is 3.43. The van der Waals surface area contributed by atoms with Gasteiger partial charge in [-0.15, -0.1) is 24.2 Å². The number of hydrogen-bond acceptors (Lipinski definition) is 3. The number of hydrogen-bond donors (Lipinski definition) is 1. The molecule has 0 spiro atoms. The predicted octanol–water partition coefficient (Wildman–Crippen LogP) is 3.26. The molecule has 0 aromatic heterocycles. The van der Waals surface area contributed by atoms with Crippen LogP contribution in [0.3, 0.4) is 0 Å². The van der Waals surface area contributed by atoms with Crippen LogP contribution in [-0.2, 0) is 6.54 Å². The Morgan fingerprint density at radius 1 is 1.26 bits per heavy atom. The van der Waals surface area contributed by atoms with Gasteiger partial charge in [-0.25, -0.2) is 0 Å². The van der Waals surface area contributed by atoms with Crippen molar-refractivity contribution in [2.75, 3.05) is 32.9 Å². The van der Waals surface area contributed by atoms with Crippen LogP contribution < -0.4 is 5.32 Å². The van der Waals surface area contributed by atoms with Crippen LogP contribution in [0.25, 0.3) is 0 Å². The molecule has 19 heavy (non-hydrogen) atoms. The minimum absolute atomic E-state index is 0. The third kappa shape index (κ3) is 5.35. The highest BCUT2D eigenvalue weighted by molar-refractivity contribution is 7.98. The van der Waals surface area contributed by atoms with Gasteiger partial charge in [0.1, 0.15) is 0 Å². The molecule has 0 bridgehead atoms. The van der Waals surface area contributed by atoms with E-state index in [4.69, 9.17) is 0 Å². The van der Waals surface area contributed by atoms with Crippen molar-refractivity contribution < 1.29 is 0 Å². The van der Waals surface area contributed by atoms with Crippen LogP contribution >= 0.6 is 24.2 Å². The summed E-state index contributed by atoms with van der Waals surface area (Å²) in [4.78, 5) is 3.89. The number of benzene rings is 1. The number of nitrogens with one attached hydrogen (secondary N) is 1. The minimum Gasteiger partial charge on any atom is -0.317 e. The van der Waals surface area contributed by atoms with E-state index < -0.39 is 0 Å². The van der Waals surface area contributed by atoms with Gasteiger partial charge in [-0.05, 0) is 56.8 Å². The fraction of sp³-hybridized carbons (Fsp3) is 0.600. The quantitative estimate of drug-likeness (QED) is 0.840. The summed E-state index contributed by atoms with van der Waals surface area (Å²) in [5.41, 5.74) is 1.46. The summed E-state index contributed by atoms with van der Waals surface area (Å²) in [6, 6.07) is 8.75. The molecule has 0 unspecified atom stereocenters. The summed E-state index contributed by atoms with van der Waals surface area (Å²) >= 11 is 1.85. The lowest BCUT2D eigenvalue weighted by Crippen LogP contribution is -2.34. The van der Waals surface area contributed by atoms with Crippen molar-refractivity contribution in [2.45, 2.75) is 24.3 Å². The average Bonchev–Trinajstić information content (AvgIpc) is 2.40. The summed E-state index contributed by atoms with van der Waals surface area (Å²) < 4.78 is 0. The largest absolute Gasteiger partial charge is 0.317 e. The fourth-order valence-corrected chi connectivity index (χ4v) is 3.30. The van der Waals surface area contributed by atoms with Gasteiger partial charge in [-0.3, -0.25) is 0 Å². The average molecular weight is 301 g/mol. The van der Waals surface area contributed by atoms with Gasteiger partial charge in [0.05, 0.1) is 0 Å². The maximum Gasteiger partial charge on any atom is 0.0241 e. The molecular weight excluding hydrogens is 276 g/mol. The first kappa shape index (κ1) is 16.8. The van der Waals surface area contributed by atoms with Crippen molar-refractivity contribution in [3.63, 3.8) is 0 Å². The summed E-state index contributed by atoms with van der Waals surface area (Å²) in [6.07, 6.45) is 4.81. The topological polar surface area (TPSA) is 15.3 Å². The number of halogens is 1. The van der Waals surface area contributed by atoms with Crippen LogP contribution in [0, 0.1) is 5.92 Å². The van der Waals surface area contributed by atoms with Gasteiger partial charge in [-0.1, -0.05) is 18.2 Å². The minimum atomic E-state index is 0. The van der Waals surface area contributed by atoms with Gasteiger partial charge in [0, 0.05) is 18.0 Å². The van der Waals surface area contributed by atoms with E-state index in [9.17, 15) is 0 Å². The first-order chi connectivity index (χ1) is 8.79. The molecule has 0 saturated carbocycles. The standard InChI is InChI=1S/C15H24N2S.ClH/c1-17(11-13-7-9-16-10-8-13)12-14-5-3-4-6-15(14)18-2;/h3-6,13,16H,7-12H2,1-2H3;1H. The highest BCUT2D eigenvalue weighted by Gasteiger charge is 2.15. The Morgan fingerprint density at radius 2 is 1.95 bits per heavy atom. The summed E-state index contributed by atoms with van der Waals surface area (Å²) in [7, 11) is 2.25. The van der Waals surface area contributed by atoms with Gasteiger partial charge < -0.3 is 10.2 Å². The maximum atomic E-state index is 3.43. The molecule has 1 aliphatic heterocycles. The van der Waals surface area contributed by atoms with Gasteiger partial charge in [0.25, 0.3) is 0 Å². The van der Waals surface area contributed by atoms with Crippen molar-refractivity contribution in [3.05, 3.63) is 29.8 Å². The molecule has 1 N–H and O–H groups in total. The smallest absolute Gasteiger partial charge is 0.0241 e. The van der Waals surface area contributed by atoms with Crippen molar-refractivity contribution in [2.24, 2.45) is 5.92 Å². The molecule has 2 rings (SSSR count). The molecule has 0 radical (unpaired) electrons. The van der Waals surface area contributed by atoms with E-state index in [1.54, 1.807) is 0 Å². The van der Waals surface area contributed by atoms with Gasteiger partial charge in [0.2, 0.25) is 0 Å². The van der Waals surface area contributed by atoms with E-state index in [1.807, 2.05) is 11.8 Å². The van der Waals surface area contributed by atoms with E-state index in [0.717, 1.165) is 12.5 Å². The van der Waals surface area contributed by atoms with Crippen LogP contribution in [0.15, 0.2) is 29.2 Å². The first-order valence-corrected chi connectivity index (χ1v) is 8.03. The van der Waals surface area contributed by atoms with E-state index in [1.165, 1.54) is 42.9 Å². The molecule has 0 atom stereocenters. The molecular formula is C15H25ClN2S. The monoisotopic (exact) mass is 300 g/mol. The molecule has 1 heterocycles. The number of piperidine rings is 1. The van der Waals surface area contributed by atoms with E-state index in [2.05, 4.69) is 47.8 Å². The van der Waals surface area contributed by atoms with Crippen molar-refractivity contribution in [3.8, 4) is 0 Å². The number of rotatable bonds is 5. The molecule has 1 saturated heterocycles. The summed E-state index contributed by atoms with van der Waals surface area (Å²) in [6.45, 7) is 4.69. The number of thioether (sulfide) groups is 1. The van der Waals surface area contributed by atoms with Crippen molar-refractivity contribution in [1.82, 2.24) is 10.2 Å². The Kier molecular flexibility index (Phi) is 7.84. The lowest BCUT2D eigenvalue weighted by Gasteiger charge is -2.27. The van der Waals surface area contributed by atoms with Crippen molar-refractivity contribution >= 4 is 24.2 Å². The first-order valence-electron chi connectivity index (χ1n) is 6.80. The molecule has 108 valence electrons. The van der Waals surface area contributed by atoms with Crippen LogP contribution in [0.5, 0.6) is 0 Å². The lowest BCUT2D eigenvalue weighted by atomic mass is 9.97. The van der Waals surface area contributed by atoms with Crippen molar-refractivity contribution in [1.29, 1.82) is 0 Å². The molecule has 1 aromatic rings. The lowest BCUT2D eigenvalue weighted by molar-refractivity contribution is 0.233. The molecule has 1 aromatic carbocycles. The third-order valence-electron chi connectivity index (χ3n) is 3.66. The van der Waals surface area contributed by atoms with E-state index in [0.29, 0.717) is 0 Å². The molecule has 1 fully saturated rings. The van der Waals surface area contributed by atoms with E-state index >= 15 is 0 Å². The molecule has 2 nitrogen and oxygen atoms in total. The third-order valence-corrected chi connectivity index (χ3v) is 4.50. The zero-order valence-corrected chi connectivity index (χ0v) is 13.5. The number of nitrogens with zero attached hydrogens (tertiary/aromatic N) is 1. The highest BCUT2D eigenvalue weighted by atomic mass is 35.5. The van der Waals surface area contributed by atoms with Gasteiger partial charge >= 0.3 is 0 Å². The zero-order chi connectivity index (χ0) is 12.8. The Bertz CT molecular complexity index is 367. The molecule has 4 heteroatoms. The second-order valence-electron chi connectivity index (χ2n) is 5.20. The van der Waals surface area contributed by atoms with E-state index in [-0.39, 0.29) is 12.4 Å².